The molecule has 0 bridgehead atoms. The van der Waals surface area contributed by atoms with Gasteiger partial charge in [-0.05, 0) is 17.7 Å². The number of methoxy groups -OCH3 is 1. The number of aromatic nitrogens is 2. The van der Waals surface area contributed by atoms with Gasteiger partial charge in [0.2, 0.25) is 0 Å². The fourth-order valence-electron chi connectivity index (χ4n) is 1.77. The Bertz CT molecular complexity index is 646. The third kappa shape index (κ3) is 2.95. The molecule has 0 aliphatic heterocycles. The van der Waals surface area contributed by atoms with E-state index in [1.54, 1.807) is 31.1 Å². The molecule has 20 heavy (non-hydrogen) atoms. The summed E-state index contributed by atoms with van der Waals surface area (Å²) in [6.45, 7) is -0.0191. The Kier molecular flexibility index (Phi) is 4.66. The summed E-state index contributed by atoms with van der Waals surface area (Å²) < 4.78 is 7.06. The Morgan fingerprint density at radius 3 is 2.90 bits per heavy atom. The first-order chi connectivity index (χ1) is 9.69. The standard InChI is InChI=1S/C14H15N3O2S/c1-17-12(8-18)7-16-14(17)20-9-10-3-4-11(6-15)13(5-10)19-2/h3-5,7,18H,8-9H2,1-2H3. The number of hydrogen-bond donors (Lipinski definition) is 1. The van der Waals surface area contributed by atoms with Gasteiger partial charge in [0.25, 0.3) is 0 Å². The van der Waals surface area contributed by atoms with Crippen LogP contribution in [0.15, 0.2) is 29.6 Å². The van der Waals surface area contributed by atoms with Gasteiger partial charge in [0.1, 0.15) is 11.8 Å². The first-order valence-corrected chi connectivity index (χ1v) is 6.99. The largest absolute Gasteiger partial charge is 0.495 e. The second kappa shape index (κ2) is 6.46. The summed E-state index contributed by atoms with van der Waals surface area (Å²) in [6, 6.07) is 7.62. The molecule has 1 aromatic heterocycles. The van der Waals surface area contributed by atoms with E-state index in [1.165, 1.54) is 0 Å². The lowest BCUT2D eigenvalue weighted by atomic mass is 10.1. The first kappa shape index (κ1) is 14.4. The van der Waals surface area contributed by atoms with Crippen molar-refractivity contribution in [1.82, 2.24) is 9.55 Å². The summed E-state index contributed by atoms with van der Waals surface area (Å²) in [6.07, 6.45) is 1.67. The quantitative estimate of drug-likeness (QED) is 0.853. The number of aliphatic hydroxyl groups excluding tert-OH is 1. The van der Waals surface area contributed by atoms with E-state index in [9.17, 15) is 0 Å². The van der Waals surface area contributed by atoms with Crippen molar-refractivity contribution < 1.29 is 9.84 Å². The van der Waals surface area contributed by atoms with Gasteiger partial charge in [0.15, 0.2) is 5.16 Å². The van der Waals surface area contributed by atoms with Crippen LogP contribution in [0.1, 0.15) is 16.8 Å². The van der Waals surface area contributed by atoms with E-state index in [0.717, 1.165) is 22.2 Å². The molecular weight excluding hydrogens is 274 g/mol. The summed E-state index contributed by atoms with van der Waals surface area (Å²) >= 11 is 1.57. The fraction of sp³-hybridized carbons (Fsp3) is 0.286. The van der Waals surface area contributed by atoms with Gasteiger partial charge in [-0.1, -0.05) is 17.8 Å². The van der Waals surface area contributed by atoms with Crippen LogP contribution in [0, 0.1) is 11.3 Å². The van der Waals surface area contributed by atoms with Gasteiger partial charge >= 0.3 is 0 Å². The molecule has 0 aliphatic carbocycles. The number of nitriles is 1. The molecular formula is C14H15N3O2S. The SMILES string of the molecule is COc1cc(CSc2ncc(CO)n2C)ccc1C#N. The summed E-state index contributed by atoms with van der Waals surface area (Å²) in [5.74, 6) is 1.30. The Balaban J connectivity index is 2.11. The van der Waals surface area contributed by atoms with E-state index in [4.69, 9.17) is 15.1 Å². The number of ether oxygens (including phenoxy) is 1. The monoisotopic (exact) mass is 289 g/mol. The Hall–Kier alpha value is -1.97. The van der Waals surface area contributed by atoms with Crippen LogP contribution in [0.25, 0.3) is 0 Å². The zero-order valence-electron chi connectivity index (χ0n) is 11.3. The van der Waals surface area contributed by atoms with Gasteiger partial charge in [-0.25, -0.2) is 4.98 Å². The van der Waals surface area contributed by atoms with Crippen LogP contribution >= 0.6 is 11.8 Å². The predicted octanol–water partition coefficient (Wildman–Crippen LogP) is 2.08. The molecule has 0 spiro atoms. The maximum atomic E-state index is 9.13. The van der Waals surface area contributed by atoms with Crippen LogP contribution in [0.3, 0.4) is 0 Å². The van der Waals surface area contributed by atoms with E-state index in [2.05, 4.69) is 11.1 Å². The average Bonchev–Trinajstić information content (AvgIpc) is 2.85. The van der Waals surface area contributed by atoms with Crippen molar-refractivity contribution in [2.24, 2.45) is 7.05 Å². The highest BCUT2D eigenvalue weighted by atomic mass is 32.2. The van der Waals surface area contributed by atoms with Crippen molar-refractivity contribution in [3.63, 3.8) is 0 Å². The number of benzene rings is 1. The third-order valence-electron chi connectivity index (χ3n) is 2.96. The van der Waals surface area contributed by atoms with E-state index < -0.39 is 0 Å². The lowest BCUT2D eigenvalue weighted by Gasteiger charge is -2.07. The smallest absolute Gasteiger partial charge is 0.168 e. The van der Waals surface area contributed by atoms with Crippen molar-refractivity contribution in [2.45, 2.75) is 17.5 Å². The lowest BCUT2D eigenvalue weighted by molar-refractivity contribution is 0.271. The second-order valence-corrected chi connectivity index (χ2v) is 5.13. The minimum Gasteiger partial charge on any atom is -0.495 e. The van der Waals surface area contributed by atoms with Crippen molar-refractivity contribution in [2.75, 3.05) is 7.11 Å². The van der Waals surface area contributed by atoms with Gasteiger partial charge in [0, 0.05) is 12.8 Å². The minimum absolute atomic E-state index is 0.0191. The molecule has 0 aliphatic rings. The number of aliphatic hydroxyl groups is 1. The Labute approximate surface area is 121 Å². The molecule has 1 heterocycles. The predicted molar refractivity (Wildman–Crippen MR) is 76.4 cm³/mol. The van der Waals surface area contributed by atoms with Gasteiger partial charge in [0.05, 0.1) is 31.2 Å². The molecule has 1 N–H and O–H groups in total. The van der Waals surface area contributed by atoms with Crippen molar-refractivity contribution in [1.29, 1.82) is 5.26 Å². The normalized spacial score (nSPS) is 10.3. The highest BCUT2D eigenvalue weighted by Gasteiger charge is 2.08. The van der Waals surface area contributed by atoms with Crippen LogP contribution in [0.4, 0.5) is 0 Å². The number of nitrogens with zero attached hydrogens (tertiary/aromatic N) is 3. The maximum absolute atomic E-state index is 9.13. The summed E-state index contributed by atoms with van der Waals surface area (Å²) in [5.41, 5.74) is 2.37. The summed E-state index contributed by atoms with van der Waals surface area (Å²) in [7, 11) is 3.43. The topological polar surface area (TPSA) is 71.1 Å². The molecule has 6 heteroatoms. The Morgan fingerprint density at radius 1 is 1.50 bits per heavy atom. The van der Waals surface area contributed by atoms with E-state index in [0.29, 0.717) is 11.3 Å². The fourth-order valence-corrected chi connectivity index (χ4v) is 2.69. The molecule has 0 unspecified atom stereocenters. The van der Waals surface area contributed by atoms with Crippen LogP contribution in [-0.2, 0) is 19.4 Å². The molecule has 0 radical (unpaired) electrons. The highest BCUT2D eigenvalue weighted by Crippen LogP contribution is 2.26. The second-order valence-electron chi connectivity index (χ2n) is 4.18. The van der Waals surface area contributed by atoms with E-state index in [-0.39, 0.29) is 6.61 Å². The summed E-state index contributed by atoms with van der Waals surface area (Å²) in [5, 5.41) is 18.9. The zero-order chi connectivity index (χ0) is 14.5. The molecule has 2 aromatic rings. The molecule has 2 rings (SSSR count). The molecule has 0 amide bonds. The van der Waals surface area contributed by atoms with Crippen molar-refractivity contribution in [3.05, 3.63) is 41.2 Å². The van der Waals surface area contributed by atoms with Gasteiger partial charge < -0.3 is 14.4 Å². The van der Waals surface area contributed by atoms with Crippen LogP contribution < -0.4 is 4.74 Å². The van der Waals surface area contributed by atoms with Crippen molar-refractivity contribution >= 4 is 11.8 Å². The maximum Gasteiger partial charge on any atom is 0.168 e. The Morgan fingerprint density at radius 2 is 2.30 bits per heavy atom. The lowest BCUT2D eigenvalue weighted by Crippen LogP contribution is -1.97. The van der Waals surface area contributed by atoms with E-state index in [1.807, 2.05) is 23.7 Å². The molecule has 5 nitrogen and oxygen atoms in total. The van der Waals surface area contributed by atoms with Crippen LogP contribution in [-0.4, -0.2) is 21.8 Å². The van der Waals surface area contributed by atoms with Gasteiger partial charge in [-0.2, -0.15) is 5.26 Å². The minimum atomic E-state index is -0.0191. The van der Waals surface area contributed by atoms with Crippen LogP contribution in [0.5, 0.6) is 5.75 Å². The molecule has 104 valence electrons. The molecule has 1 aromatic carbocycles. The van der Waals surface area contributed by atoms with Gasteiger partial charge in [-0.15, -0.1) is 0 Å². The molecule has 0 saturated carbocycles. The highest BCUT2D eigenvalue weighted by molar-refractivity contribution is 7.98. The molecule has 0 atom stereocenters. The third-order valence-corrected chi connectivity index (χ3v) is 4.07. The number of rotatable bonds is 5. The molecule has 0 fully saturated rings. The molecule has 0 saturated heterocycles. The number of hydrogen-bond acceptors (Lipinski definition) is 5. The number of thioether (sulfide) groups is 1. The first-order valence-electron chi connectivity index (χ1n) is 6.01. The van der Waals surface area contributed by atoms with E-state index >= 15 is 0 Å². The van der Waals surface area contributed by atoms with Gasteiger partial charge in [-0.3, -0.25) is 0 Å². The average molecular weight is 289 g/mol. The zero-order valence-corrected chi connectivity index (χ0v) is 12.1. The van der Waals surface area contributed by atoms with Crippen molar-refractivity contribution in [3.8, 4) is 11.8 Å². The van der Waals surface area contributed by atoms with Crippen LogP contribution in [0.2, 0.25) is 0 Å². The number of imidazole rings is 1. The summed E-state index contributed by atoms with van der Waals surface area (Å²) in [4.78, 5) is 4.26.